The maximum Gasteiger partial charge on any atom is 0.0929 e. The normalized spacial score (nSPS) is 27.1. The van der Waals surface area contributed by atoms with Gasteiger partial charge in [-0.25, -0.2) is 0 Å². The first-order chi connectivity index (χ1) is 14.8. The van der Waals surface area contributed by atoms with Crippen molar-refractivity contribution < 1.29 is 0 Å². The zero-order valence-corrected chi connectivity index (χ0v) is 19.2. The molecule has 162 valence electrons. The van der Waals surface area contributed by atoms with Crippen molar-refractivity contribution in [2.24, 2.45) is 11.8 Å². The molecule has 0 unspecified atom stereocenters. The van der Waals surface area contributed by atoms with Crippen LogP contribution < -0.4 is 0 Å². The molecule has 1 aromatic heterocycles. The van der Waals surface area contributed by atoms with Crippen LogP contribution in [-0.4, -0.2) is 10.2 Å². The molecule has 30 heavy (non-hydrogen) atoms. The summed E-state index contributed by atoms with van der Waals surface area (Å²) in [4.78, 5) is 0. The Balaban J connectivity index is 1.33. The molecule has 0 bridgehead atoms. The van der Waals surface area contributed by atoms with Crippen molar-refractivity contribution in [3.63, 3.8) is 0 Å². The zero-order chi connectivity index (χ0) is 20.8. The molecule has 2 aromatic rings. The van der Waals surface area contributed by atoms with Gasteiger partial charge in [0.05, 0.1) is 11.4 Å². The van der Waals surface area contributed by atoms with E-state index in [1.54, 1.807) is 0 Å². The SMILES string of the molecule is CCCCC1CCC(c2ccc(-c3ccc(C4CCC(CC)CC4)nn3)cc2)CC1. The van der Waals surface area contributed by atoms with Gasteiger partial charge >= 0.3 is 0 Å². The molecule has 2 heteroatoms. The molecule has 2 aliphatic rings. The van der Waals surface area contributed by atoms with Crippen LogP contribution in [0.25, 0.3) is 11.3 Å². The Morgan fingerprint density at radius 1 is 0.700 bits per heavy atom. The average Bonchev–Trinajstić information content (AvgIpc) is 2.83. The molecular formula is C28H40N2. The number of unbranched alkanes of at least 4 members (excludes halogenated alkanes) is 1. The highest BCUT2D eigenvalue weighted by atomic mass is 15.1. The minimum absolute atomic E-state index is 0.615. The van der Waals surface area contributed by atoms with Gasteiger partial charge in [0, 0.05) is 11.5 Å². The first-order valence-electron chi connectivity index (χ1n) is 12.7. The number of nitrogens with zero attached hydrogens (tertiary/aromatic N) is 2. The molecule has 2 aliphatic carbocycles. The van der Waals surface area contributed by atoms with E-state index in [1.165, 1.54) is 93.9 Å². The van der Waals surface area contributed by atoms with Crippen molar-refractivity contribution in [1.82, 2.24) is 10.2 Å². The van der Waals surface area contributed by atoms with Gasteiger partial charge in [-0.1, -0.05) is 63.8 Å². The van der Waals surface area contributed by atoms with Gasteiger partial charge in [0.15, 0.2) is 0 Å². The van der Waals surface area contributed by atoms with Crippen molar-refractivity contribution in [2.75, 3.05) is 0 Å². The van der Waals surface area contributed by atoms with Gasteiger partial charge in [-0.2, -0.15) is 10.2 Å². The molecule has 2 fully saturated rings. The highest BCUT2D eigenvalue weighted by Gasteiger charge is 2.23. The molecule has 0 radical (unpaired) electrons. The molecule has 0 aliphatic heterocycles. The van der Waals surface area contributed by atoms with E-state index in [9.17, 15) is 0 Å². The fraction of sp³-hybridized carbons (Fsp3) is 0.643. The van der Waals surface area contributed by atoms with Crippen molar-refractivity contribution in [3.8, 4) is 11.3 Å². The predicted octanol–water partition coefficient (Wildman–Crippen LogP) is 8.29. The smallest absolute Gasteiger partial charge is 0.0929 e. The first kappa shape index (κ1) is 21.5. The van der Waals surface area contributed by atoms with Gasteiger partial charge in [-0.05, 0) is 86.8 Å². The third kappa shape index (κ3) is 5.31. The molecule has 0 atom stereocenters. The summed E-state index contributed by atoms with van der Waals surface area (Å²) in [6.45, 7) is 4.63. The van der Waals surface area contributed by atoms with E-state index in [0.717, 1.165) is 23.4 Å². The number of benzene rings is 1. The van der Waals surface area contributed by atoms with E-state index in [0.29, 0.717) is 5.92 Å². The fourth-order valence-electron chi connectivity index (χ4n) is 5.78. The summed E-state index contributed by atoms with van der Waals surface area (Å²) in [5.41, 5.74) is 4.93. The Hall–Kier alpha value is -1.70. The molecule has 4 rings (SSSR count). The van der Waals surface area contributed by atoms with Crippen molar-refractivity contribution >= 4 is 0 Å². The van der Waals surface area contributed by atoms with Crippen LogP contribution >= 0.6 is 0 Å². The highest BCUT2D eigenvalue weighted by Crippen LogP contribution is 2.38. The summed E-state index contributed by atoms with van der Waals surface area (Å²) >= 11 is 0. The lowest BCUT2D eigenvalue weighted by Gasteiger charge is -2.29. The summed E-state index contributed by atoms with van der Waals surface area (Å²) in [6.07, 6.45) is 16.3. The van der Waals surface area contributed by atoms with Gasteiger partial charge < -0.3 is 0 Å². The van der Waals surface area contributed by atoms with Crippen LogP contribution in [0.1, 0.15) is 114 Å². The van der Waals surface area contributed by atoms with Crippen LogP contribution in [0.5, 0.6) is 0 Å². The third-order valence-electron chi connectivity index (χ3n) is 8.02. The van der Waals surface area contributed by atoms with E-state index >= 15 is 0 Å². The van der Waals surface area contributed by atoms with E-state index in [2.05, 4.69) is 60.4 Å². The maximum atomic E-state index is 4.62. The van der Waals surface area contributed by atoms with Gasteiger partial charge in [-0.3, -0.25) is 0 Å². The molecule has 0 amide bonds. The molecule has 2 nitrogen and oxygen atoms in total. The van der Waals surface area contributed by atoms with Crippen LogP contribution in [0.3, 0.4) is 0 Å². The summed E-state index contributed by atoms with van der Waals surface area (Å²) in [6, 6.07) is 13.6. The minimum Gasteiger partial charge on any atom is -0.155 e. The Kier molecular flexibility index (Phi) is 7.57. The van der Waals surface area contributed by atoms with E-state index in [1.807, 2.05) is 0 Å². The van der Waals surface area contributed by atoms with Crippen LogP contribution in [0.15, 0.2) is 36.4 Å². The standard InChI is InChI=1S/C28H40N2/c1-3-5-6-22-9-11-23(12-10-22)24-15-17-26(18-16-24)28-20-19-27(29-30-28)25-13-7-21(4-2)8-14-25/h15-23,25H,3-14H2,1-2H3. The van der Waals surface area contributed by atoms with Crippen LogP contribution in [-0.2, 0) is 0 Å². The summed E-state index contributed by atoms with van der Waals surface area (Å²) in [7, 11) is 0. The second-order valence-electron chi connectivity index (χ2n) is 9.95. The van der Waals surface area contributed by atoms with Gasteiger partial charge in [0.25, 0.3) is 0 Å². The lowest BCUT2D eigenvalue weighted by atomic mass is 9.77. The van der Waals surface area contributed by atoms with Crippen LogP contribution in [0.4, 0.5) is 0 Å². The van der Waals surface area contributed by atoms with Crippen LogP contribution in [0.2, 0.25) is 0 Å². The molecule has 1 heterocycles. The topological polar surface area (TPSA) is 25.8 Å². The third-order valence-corrected chi connectivity index (χ3v) is 8.02. The van der Waals surface area contributed by atoms with E-state index in [4.69, 9.17) is 0 Å². The van der Waals surface area contributed by atoms with E-state index < -0.39 is 0 Å². The highest BCUT2D eigenvalue weighted by molar-refractivity contribution is 5.59. The zero-order valence-electron chi connectivity index (χ0n) is 19.2. The summed E-state index contributed by atoms with van der Waals surface area (Å²) in [5.74, 6) is 3.28. The number of hydrogen-bond acceptors (Lipinski definition) is 2. The molecule has 1 aromatic carbocycles. The molecule has 0 saturated heterocycles. The van der Waals surface area contributed by atoms with Crippen LogP contribution in [0, 0.1) is 11.8 Å². The lowest BCUT2D eigenvalue weighted by Crippen LogP contribution is -2.14. The Labute approximate surface area is 183 Å². The number of aromatic nitrogens is 2. The monoisotopic (exact) mass is 404 g/mol. The maximum absolute atomic E-state index is 4.62. The summed E-state index contributed by atoms with van der Waals surface area (Å²) < 4.78 is 0. The van der Waals surface area contributed by atoms with Gasteiger partial charge in [-0.15, -0.1) is 0 Å². The Morgan fingerprint density at radius 2 is 1.37 bits per heavy atom. The summed E-state index contributed by atoms with van der Waals surface area (Å²) in [5, 5.41) is 9.22. The minimum atomic E-state index is 0.615. The first-order valence-corrected chi connectivity index (χ1v) is 12.7. The number of hydrogen-bond donors (Lipinski definition) is 0. The molecule has 0 spiro atoms. The van der Waals surface area contributed by atoms with E-state index in [-0.39, 0.29) is 0 Å². The quantitative estimate of drug-likeness (QED) is 0.464. The second-order valence-corrected chi connectivity index (χ2v) is 9.95. The Bertz CT molecular complexity index is 748. The molecule has 0 N–H and O–H groups in total. The fourth-order valence-corrected chi connectivity index (χ4v) is 5.78. The van der Waals surface area contributed by atoms with Crippen molar-refractivity contribution in [3.05, 3.63) is 47.7 Å². The Morgan fingerprint density at radius 3 is 1.97 bits per heavy atom. The van der Waals surface area contributed by atoms with Gasteiger partial charge in [0.1, 0.15) is 0 Å². The predicted molar refractivity (Wildman–Crippen MR) is 127 cm³/mol. The van der Waals surface area contributed by atoms with Gasteiger partial charge in [0.2, 0.25) is 0 Å². The molecular weight excluding hydrogens is 364 g/mol. The van der Waals surface area contributed by atoms with Crippen molar-refractivity contribution in [2.45, 2.75) is 103 Å². The largest absolute Gasteiger partial charge is 0.155 e. The lowest BCUT2D eigenvalue weighted by molar-refractivity contribution is 0.304. The van der Waals surface area contributed by atoms with Crippen molar-refractivity contribution in [1.29, 1.82) is 0 Å². The molecule has 2 saturated carbocycles. The average molecular weight is 405 g/mol. The second kappa shape index (κ2) is 10.6. The number of rotatable bonds is 7.